The van der Waals surface area contributed by atoms with Crippen LogP contribution in [0, 0.1) is 5.41 Å². The monoisotopic (exact) mass is 695 g/mol. The van der Waals surface area contributed by atoms with Gasteiger partial charge in [0.15, 0.2) is 0 Å². The standard InChI is InChI=1S/C28H33.C13H10.2ClH.Zr/c1-5-11-22-17-20(7-3)18-23-19-25-24(26(22)23)14-16-28(8-4,15-6-2)27(25)21-12-9-10-13-21;1-3-7-12(8-4-1)11-13-9-5-2-6-10-13;;;/h9-10,12,14,16-18H,5-8,11,13,15H2,1-4H3;1-10H;2*1H;/q;;;;+2/p-2. The van der Waals surface area contributed by atoms with Crippen molar-refractivity contribution in [1.29, 1.82) is 0 Å². The van der Waals surface area contributed by atoms with Gasteiger partial charge in [0.1, 0.15) is 0 Å². The van der Waals surface area contributed by atoms with E-state index in [1.54, 1.807) is 39.2 Å². The van der Waals surface area contributed by atoms with Gasteiger partial charge in [0.05, 0.1) is 0 Å². The van der Waals surface area contributed by atoms with E-state index in [9.17, 15) is 0 Å². The summed E-state index contributed by atoms with van der Waals surface area (Å²) in [7, 11) is 0. The van der Waals surface area contributed by atoms with E-state index in [0.29, 0.717) is 0 Å². The third-order valence-corrected chi connectivity index (χ3v) is 13.3. The molecule has 0 amide bonds. The fraction of sp³-hybridized carbons (Fsp3) is 0.293. The third kappa shape index (κ3) is 6.36. The molecule has 0 saturated carbocycles. The Morgan fingerprint density at radius 2 is 1.52 bits per heavy atom. The normalized spacial score (nSPS) is 17.9. The van der Waals surface area contributed by atoms with Crippen molar-refractivity contribution >= 4 is 12.1 Å². The van der Waals surface area contributed by atoms with Gasteiger partial charge in [-0.1, -0.05) is 0 Å². The molecular weight excluding hydrogens is 655 g/mol. The summed E-state index contributed by atoms with van der Waals surface area (Å²) in [5.74, 6) is 0. The molecule has 44 heavy (non-hydrogen) atoms. The molecule has 0 N–H and O–H groups in total. The molecule has 0 radical (unpaired) electrons. The Hall–Kier alpha value is -2.31. The van der Waals surface area contributed by atoms with E-state index in [2.05, 4.69) is 131 Å². The first-order chi connectivity index (χ1) is 20.6. The molecule has 225 valence electrons. The molecule has 0 saturated heterocycles. The molecule has 6 rings (SSSR count). The molecule has 3 aromatic carbocycles. The van der Waals surface area contributed by atoms with Crippen LogP contribution in [0.2, 0.25) is 0 Å². The van der Waals surface area contributed by atoms with Gasteiger partial charge in [-0.05, 0) is 0 Å². The molecule has 0 bridgehead atoms. The zero-order valence-corrected chi connectivity index (χ0v) is 30.5. The predicted octanol–water partition coefficient (Wildman–Crippen LogP) is 2.78. The van der Waals surface area contributed by atoms with Gasteiger partial charge in [0.2, 0.25) is 0 Å². The van der Waals surface area contributed by atoms with Crippen LogP contribution in [0.3, 0.4) is 0 Å². The second-order valence-electron chi connectivity index (χ2n) is 12.0. The van der Waals surface area contributed by atoms with Gasteiger partial charge in [0.25, 0.3) is 0 Å². The van der Waals surface area contributed by atoms with Gasteiger partial charge in [-0.25, -0.2) is 0 Å². The van der Waals surface area contributed by atoms with Gasteiger partial charge in [-0.15, -0.1) is 0 Å². The van der Waals surface area contributed by atoms with Gasteiger partial charge >= 0.3 is 265 Å². The van der Waals surface area contributed by atoms with E-state index in [0.717, 1.165) is 25.7 Å². The smallest absolute Gasteiger partial charge is 1.00 e. The van der Waals surface area contributed by atoms with Crippen LogP contribution in [0.15, 0.2) is 120 Å². The summed E-state index contributed by atoms with van der Waals surface area (Å²) >= 11 is -1.28. The van der Waals surface area contributed by atoms with Crippen LogP contribution >= 0.6 is 0 Å². The Balaban J connectivity index is 0.00000221. The van der Waals surface area contributed by atoms with Crippen molar-refractivity contribution in [3.63, 3.8) is 0 Å². The summed E-state index contributed by atoms with van der Waals surface area (Å²) in [6.45, 7) is 9.43. The van der Waals surface area contributed by atoms with Crippen LogP contribution in [-0.4, -0.2) is 3.21 Å². The summed E-state index contributed by atoms with van der Waals surface area (Å²) in [6, 6.07) is 27.6. The van der Waals surface area contributed by atoms with Crippen molar-refractivity contribution in [2.45, 2.75) is 72.6 Å². The molecule has 0 spiro atoms. The third-order valence-electron chi connectivity index (χ3n) is 9.38. The summed E-state index contributed by atoms with van der Waals surface area (Å²) in [6.07, 6.45) is 20.2. The van der Waals surface area contributed by atoms with Crippen LogP contribution in [0.5, 0.6) is 0 Å². The minimum atomic E-state index is -1.28. The molecule has 1 unspecified atom stereocenters. The first-order valence-electron chi connectivity index (χ1n) is 16.1. The number of halogens is 2. The molecular formula is C41H43Cl2Zr. The number of hydrogen-bond donors (Lipinski definition) is 0. The zero-order chi connectivity index (χ0) is 29.1. The maximum atomic E-state index is 2.62. The largest absolute Gasteiger partial charge is 1.00 e. The van der Waals surface area contributed by atoms with Gasteiger partial charge < -0.3 is 24.8 Å². The van der Waals surface area contributed by atoms with Crippen LogP contribution in [0.1, 0.15) is 82.1 Å². The Morgan fingerprint density at radius 3 is 2.07 bits per heavy atom. The van der Waals surface area contributed by atoms with E-state index < -0.39 is 22.8 Å². The maximum Gasteiger partial charge on any atom is -1.00 e. The van der Waals surface area contributed by atoms with E-state index >= 15 is 0 Å². The summed E-state index contributed by atoms with van der Waals surface area (Å²) < 4.78 is 3.28. The van der Waals surface area contributed by atoms with Crippen molar-refractivity contribution < 1.29 is 47.6 Å². The number of aryl methyl sites for hydroxylation is 2. The zero-order valence-electron chi connectivity index (χ0n) is 26.5. The van der Waals surface area contributed by atoms with Crippen LogP contribution in [-0.2, 0) is 35.6 Å². The van der Waals surface area contributed by atoms with Crippen molar-refractivity contribution in [2.75, 3.05) is 0 Å². The number of fused-ring (bicyclic) bond motifs is 2. The van der Waals surface area contributed by atoms with E-state index in [1.807, 2.05) is 0 Å². The first kappa shape index (κ1) is 34.6. The number of rotatable bonds is 10. The van der Waals surface area contributed by atoms with Crippen molar-refractivity contribution in [1.82, 2.24) is 0 Å². The fourth-order valence-corrected chi connectivity index (χ4v) is 11.3. The average molecular weight is 698 g/mol. The summed E-state index contributed by atoms with van der Waals surface area (Å²) in [4.78, 5) is 0. The van der Waals surface area contributed by atoms with Gasteiger partial charge in [0, 0.05) is 0 Å². The SMILES string of the molecule is CCCc1cc(CC)cc2c1=C1C=CC(CC)(CCC)C(C3=CC=CC3)=C1[C]=2[Zr+2]=[C](c1ccccc1)c1ccccc1.[Cl-].[Cl-]. The number of benzene rings is 3. The number of hydrogen-bond acceptors (Lipinski definition) is 0. The Kier molecular flexibility index (Phi) is 12.0. The predicted molar refractivity (Wildman–Crippen MR) is 178 cm³/mol. The summed E-state index contributed by atoms with van der Waals surface area (Å²) in [5.41, 5.74) is 12.2. The minimum Gasteiger partial charge on any atom is -1.00 e. The van der Waals surface area contributed by atoms with E-state index in [4.69, 9.17) is 0 Å². The van der Waals surface area contributed by atoms with Crippen LogP contribution in [0.25, 0.3) is 8.85 Å². The van der Waals surface area contributed by atoms with Gasteiger partial charge in [-0.2, -0.15) is 0 Å². The fourth-order valence-electron chi connectivity index (χ4n) is 7.36. The molecule has 3 aliphatic carbocycles. The molecule has 3 aromatic rings. The molecule has 1 atom stereocenters. The van der Waals surface area contributed by atoms with E-state index in [-0.39, 0.29) is 30.2 Å². The van der Waals surface area contributed by atoms with Crippen LogP contribution < -0.4 is 35.3 Å². The second kappa shape index (κ2) is 15.3. The maximum absolute atomic E-state index is 2.62. The van der Waals surface area contributed by atoms with Crippen LogP contribution in [0.4, 0.5) is 0 Å². The Labute approximate surface area is 288 Å². The molecule has 0 aromatic heterocycles. The molecule has 3 heteroatoms. The summed E-state index contributed by atoms with van der Waals surface area (Å²) in [5, 5.41) is 3.10. The molecule has 0 aliphatic heterocycles. The second-order valence-corrected chi connectivity index (χ2v) is 15.0. The van der Waals surface area contributed by atoms with Crippen molar-refractivity contribution in [2.24, 2.45) is 5.41 Å². The number of allylic oxidation sites excluding steroid dienone is 8. The van der Waals surface area contributed by atoms with Gasteiger partial charge in [-0.3, -0.25) is 0 Å². The van der Waals surface area contributed by atoms with Crippen molar-refractivity contribution in [3.05, 3.63) is 153 Å². The molecule has 3 aliphatic rings. The molecule has 0 fully saturated rings. The minimum absolute atomic E-state index is 0. The van der Waals surface area contributed by atoms with Crippen molar-refractivity contribution in [3.8, 4) is 0 Å². The molecule has 0 heterocycles. The quantitative estimate of drug-likeness (QED) is 0.306. The Bertz CT molecular complexity index is 1730. The molecule has 0 nitrogen and oxygen atoms in total. The van der Waals surface area contributed by atoms with E-state index in [1.165, 1.54) is 41.5 Å². The topological polar surface area (TPSA) is 0 Å². The average Bonchev–Trinajstić information content (AvgIpc) is 3.67. The first-order valence-corrected chi connectivity index (χ1v) is 18.6. The Morgan fingerprint density at radius 1 is 0.841 bits per heavy atom.